The summed E-state index contributed by atoms with van der Waals surface area (Å²) in [6.07, 6.45) is 7.57. The highest BCUT2D eigenvalue weighted by Gasteiger charge is 2.29. The minimum atomic E-state index is 0.434. The maximum atomic E-state index is 4.52. The first-order valence-electron chi connectivity index (χ1n) is 6.83. The van der Waals surface area contributed by atoms with Crippen LogP contribution in [-0.4, -0.2) is 16.5 Å². The highest BCUT2D eigenvalue weighted by atomic mass is 14.9. The van der Waals surface area contributed by atoms with E-state index in [0.717, 1.165) is 23.5 Å². The number of hydrogen-bond donors (Lipinski definition) is 1. The van der Waals surface area contributed by atoms with Gasteiger partial charge in [-0.3, -0.25) is 9.97 Å². The number of rotatable bonds is 4. The summed E-state index contributed by atoms with van der Waals surface area (Å²) in [4.78, 5) is 8.92. The van der Waals surface area contributed by atoms with Gasteiger partial charge in [-0.05, 0) is 36.9 Å². The van der Waals surface area contributed by atoms with E-state index in [2.05, 4.69) is 34.3 Å². The van der Waals surface area contributed by atoms with Gasteiger partial charge in [-0.25, -0.2) is 0 Å². The van der Waals surface area contributed by atoms with E-state index in [1.54, 1.807) is 12.4 Å². The van der Waals surface area contributed by atoms with E-state index in [1.165, 1.54) is 24.8 Å². The second kappa shape index (κ2) is 5.02. The Hall–Kier alpha value is -1.48. The first kappa shape index (κ1) is 11.6. The second-order valence-electron chi connectivity index (χ2n) is 5.00. The minimum absolute atomic E-state index is 0.434. The van der Waals surface area contributed by atoms with Crippen molar-refractivity contribution in [1.29, 1.82) is 0 Å². The van der Waals surface area contributed by atoms with Crippen molar-refractivity contribution < 1.29 is 0 Å². The summed E-state index contributed by atoms with van der Waals surface area (Å²) in [5.74, 6) is 0.762. The molecule has 1 aromatic heterocycles. The van der Waals surface area contributed by atoms with Crippen LogP contribution in [0.3, 0.4) is 0 Å². The average Bonchev–Trinajstić information content (AvgIpc) is 2.35. The molecule has 1 fully saturated rings. The van der Waals surface area contributed by atoms with Gasteiger partial charge < -0.3 is 5.32 Å². The zero-order chi connectivity index (χ0) is 12.4. The quantitative estimate of drug-likeness (QED) is 0.894. The van der Waals surface area contributed by atoms with E-state index in [9.17, 15) is 0 Å². The zero-order valence-electron chi connectivity index (χ0n) is 10.8. The van der Waals surface area contributed by atoms with Gasteiger partial charge >= 0.3 is 0 Å². The molecule has 3 rings (SSSR count). The van der Waals surface area contributed by atoms with Crippen LogP contribution >= 0.6 is 0 Å². The first-order valence-corrected chi connectivity index (χ1v) is 6.83. The molecule has 1 saturated carbocycles. The molecule has 94 valence electrons. The molecule has 1 aliphatic carbocycles. The van der Waals surface area contributed by atoms with E-state index < -0.39 is 0 Å². The Morgan fingerprint density at radius 3 is 2.83 bits per heavy atom. The molecule has 0 spiro atoms. The number of hydrogen-bond acceptors (Lipinski definition) is 3. The molecule has 1 unspecified atom stereocenters. The van der Waals surface area contributed by atoms with E-state index in [0.29, 0.717) is 6.04 Å². The molecule has 1 aliphatic rings. The van der Waals surface area contributed by atoms with Gasteiger partial charge in [0.1, 0.15) is 0 Å². The van der Waals surface area contributed by atoms with Crippen molar-refractivity contribution in [3.8, 4) is 0 Å². The van der Waals surface area contributed by atoms with Gasteiger partial charge in [0.2, 0.25) is 0 Å². The number of fused-ring (bicyclic) bond motifs is 1. The van der Waals surface area contributed by atoms with Crippen molar-refractivity contribution in [3.05, 3.63) is 36.2 Å². The van der Waals surface area contributed by atoms with E-state index in [-0.39, 0.29) is 0 Å². The third-order valence-corrected chi connectivity index (χ3v) is 3.91. The van der Waals surface area contributed by atoms with Gasteiger partial charge in [-0.2, -0.15) is 0 Å². The lowest BCUT2D eigenvalue weighted by atomic mass is 9.77. The first-order chi connectivity index (χ1) is 8.90. The molecular weight excluding hydrogens is 222 g/mol. The summed E-state index contributed by atoms with van der Waals surface area (Å²) >= 11 is 0. The minimum Gasteiger partial charge on any atom is -0.310 e. The summed E-state index contributed by atoms with van der Waals surface area (Å²) in [5.41, 5.74) is 3.36. The molecule has 0 aliphatic heterocycles. The van der Waals surface area contributed by atoms with Crippen LogP contribution in [0.15, 0.2) is 30.6 Å². The van der Waals surface area contributed by atoms with Crippen molar-refractivity contribution in [2.45, 2.75) is 32.2 Å². The third-order valence-electron chi connectivity index (χ3n) is 3.91. The van der Waals surface area contributed by atoms with E-state index in [1.807, 2.05) is 6.07 Å². The van der Waals surface area contributed by atoms with Gasteiger partial charge in [0, 0.05) is 18.4 Å². The molecule has 0 saturated heterocycles. The molecule has 1 aromatic carbocycles. The van der Waals surface area contributed by atoms with Crippen molar-refractivity contribution in [1.82, 2.24) is 15.3 Å². The van der Waals surface area contributed by atoms with Crippen LogP contribution < -0.4 is 5.32 Å². The standard InChI is InChI=1S/C15H19N3/c1-2-16-14(11-5-3-6-11)12-7-4-8-13-15(12)18-10-9-17-13/h4,7-11,14,16H,2-3,5-6H2,1H3. The highest BCUT2D eigenvalue weighted by molar-refractivity contribution is 5.78. The van der Waals surface area contributed by atoms with Crippen LogP contribution in [0.2, 0.25) is 0 Å². The SMILES string of the molecule is CCNC(c1cccc2nccnc12)C1CCC1. The largest absolute Gasteiger partial charge is 0.310 e. The predicted octanol–water partition coefficient (Wildman–Crippen LogP) is 3.08. The highest BCUT2D eigenvalue weighted by Crippen LogP contribution is 2.39. The lowest BCUT2D eigenvalue weighted by Crippen LogP contribution is -2.32. The van der Waals surface area contributed by atoms with Gasteiger partial charge in [-0.15, -0.1) is 0 Å². The van der Waals surface area contributed by atoms with Gasteiger partial charge in [0.25, 0.3) is 0 Å². The molecule has 0 radical (unpaired) electrons. The van der Waals surface area contributed by atoms with Crippen LogP contribution in [0.5, 0.6) is 0 Å². The van der Waals surface area contributed by atoms with Gasteiger partial charge in [-0.1, -0.05) is 25.5 Å². The summed E-state index contributed by atoms with van der Waals surface area (Å²) in [6, 6.07) is 6.76. The summed E-state index contributed by atoms with van der Waals surface area (Å²) in [7, 11) is 0. The fraction of sp³-hybridized carbons (Fsp3) is 0.467. The van der Waals surface area contributed by atoms with Gasteiger partial charge in [0.05, 0.1) is 11.0 Å². The van der Waals surface area contributed by atoms with Crippen LogP contribution in [0.25, 0.3) is 11.0 Å². The third kappa shape index (κ3) is 1.99. The molecule has 0 amide bonds. The Bertz CT molecular complexity index is 529. The van der Waals surface area contributed by atoms with E-state index in [4.69, 9.17) is 0 Å². The van der Waals surface area contributed by atoms with Crippen molar-refractivity contribution >= 4 is 11.0 Å². The molecule has 3 heteroatoms. The van der Waals surface area contributed by atoms with Crippen LogP contribution in [-0.2, 0) is 0 Å². The van der Waals surface area contributed by atoms with Crippen LogP contribution in [0, 0.1) is 5.92 Å². The Kier molecular flexibility index (Phi) is 3.24. The fourth-order valence-corrected chi connectivity index (χ4v) is 2.79. The smallest absolute Gasteiger partial charge is 0.0934 e. The van der Waals surface area contributed by atoms with E-state index >= 15 is 0 Å². The molecular formula is C15H19N3. The molecule has 1 heterocycles. The number of para-hydroxylation sites is 1. The Morgan fingerprint density at radius 1 is 1.28 bits per heavy atom. The Morgan fingerprint density at radius 2 is 2.11 bits per heavy atom. The Labute approximate surface area is 108 Å². The average molecular weight is 241 g/mol. The molecule has 1 atom stereocenters. The maximum absolute atomic E-state index is 4.52. The molecule has 2 aromatic rings. The number of nitrogens with zero attached hydrogens (tertiary/aromatic N) is 2. The summed E-state index contributed by atoms with van der Waals surface area (Å²) < 4.78 is 0. The van der Waals surface area contributed by atoms with Crippen LogP contribution in [0.4, 0.5) is 0 Å². The normalized spacial score (nSPS) is 17.6. The number of aromatic nitrogens is 2. The van der Waals surface area contributed by atoms with Crippen molar-refractivity contribution in [2.75, 3.05) is 6.54 Å². The number of nitrogens with one attached hydrogen (secondary N) is 1. The summed E-state index contributed by atoms with van der Waals surface area (Å²) in [5, 5.41) is 3.63. The topological polar surface area (TPSA) is 37.8 Å². The maximum Gasteiger partial charge on any atom is 0.0934 e. The number of benzene rings is 1. The van der Waals surface area contributed by atoms with Crippen LogP contribution in [0.1, 0.15) is 37.8 Å². The molecule has 18 heavy (non-hydrogen) atoms. The molecule has 1 N–H and O–H groups in total. The van der Waals surface area contributed by atoms with Crippen molar-refractivity contribution in [3.63, 3.8) is 0 Å². The lowest BCUT2D eigenvalue weighted by Gasteiger charge is -2.34. The summed E-state index contributed by atoms with van der Waals surface area (Å²) in [6.45, 7) is 3.17. The lowest BCUT2D eigenvalue weighted by molar-refractivity contribution is 0.234. The monoisotopic (exact) mass is 241 g/mol. The van der Waals surface area contributed by atoms with Gasteiger partial charge in [0.15, 0.2) is 0 Å². The second-order valence-corrected chi connectivity index (χ2v) is 5.00. The zero-order valence-corrected chi connectivity index (χ0v) is 10.8. The Balaban J connectivity index is 2.04. The molecule has 0 bridgehead atoms. The van der Waals surface area contributed by atoms with Crippen molar-refractivity contribution in [2.24, 2.45) is 5.92 Å². The predicted molar refractivity (Wildman–Crippen MR) is 73.3 cm³/mol. The molecule has 3 nitrogen and oxygen atoms in total. The fourth-order valence-electron chi connectivity index (χ4n) is 2.79.